The minimum atomic E-state index is -2.81. The third-order valence-corrected chi connectivity index (χ3v) is 4.22. The predicted octanol–water partition coefficient (Wildman–Crippen LogP) is 4.27. The molecule has 0 unspecified atom stereocenters. The van der Waals surface area contributed by atoms with Crippen LogP contribution in [0.25, 0.3) is 0 Å². The largest absolute Gasteiger partial charge is 0.435 e. The summed E-state index contributed by atoms with van der Waals surface area (Å²) in [5, 5.41) is 4.28. The molecule has 1 aromatic carbocycles. The van der Waals surface area contributed by atoms with Crippen LogP contribution in [0.15, 0.2) is 35.5 Å². The molecular formula is C17H23F2IN4OS. The number of rotatable bonds is 7. The lowest BCUT2D eigenvalue weighted by Crippen LogP contribution is -2.38. The number of nitrogens with one attached hydrogen (secondary N) is 1. The summed E-state index contributed by atoms with van der Waals surface area (Å²) in [5.41, 5.74) is 0.975. The van der Waals surface area contributed by atoms with Crippen LogP contribution in [0.4, 0.5) is 8.78 Å². The minimum Gasteiger partial charge on any atom is -0.435 e. The molecule has 0 aliphatic carbocycles. The highest BCUT2D eigenvalue weighted by Gasteiger charge is 2.08. The second kappa shape index (κ2) is 11.3. The second-order valence-electron chi connectivity index (χ2n) is 5.39. The van der Waals surface area contributed by atoms with Crippen LogP contribution in [0.1, 0.15) is 22.4 Å². The summed E-state index contributed by atoms with van der Waals surface area (Å²) in [7, 11) is 1.93. The van der Waals surface area contributed by atoms with Gasteiger partial charge in [0.2, 0.25) is 0 Å². The summed E-state index contributed by atoms with van der Waals surface area (Å²) in [6.07, 6.45) is 1.84. The van der Waals surface area contributed by atoms with Crippen LogP contribution in [0.5, 0.6) is 5.75 Å². The van der Waals surface area contributed by atoms with Gasteiger partial charge < -0.3 is 15.0 Å². The van der Waals surface area contributed by atoms with E-state index in [-0.39, 0.29) is 29.7 Å². The number of aliphatic imine (C=N–C) groups is 1. The lowest BCUT2D eigenvalue weighted by atomic mass is 10.2. The number of alkyl halides is 2. The molecular weight excluding hydrogens is 473 g/mol. The topological polar surface area (TPSA) is 49.8 Å². The van der Waals surface area contributed by atoms with E-state index in [2.05, 4.69) is 20.0 Å². The van der Waals surface area contributed by atoms with Crippen LogP contribution in [0, 0.1) is 6.92 Å². The monoisotopic (exact) mass is 496 g/mol. The van der Waals surface area contributed by atoms with Gasteiger partial charge in [-0.3, -0.25) is 0 Å². The van der Waals surface area contributed by atoms with Crippen LogP contribution >= 0.6 is 35.3 Å². The van der Waals surface area contributed by atoms with Crippen molar-refractivity contribution in [1.82, 2.24) is 15.2 Å². The molecule has 0 aliphatic heterocycles. The second-order valence-corrected chi connectivity index (χ2v) is 6.71. The molecule has 1 aromatic heterocycles. The third kappa shape index (κ3) is 7.40. The fourth-order valence-corrected chi connectivity index (χ4v) is 2.95. The molecule has 9 heteroatoms. The van der Waals surface area contributed by atoms with E-state index in [1.807, 2.05) is 32.0 Å². The Morgan fingerprint density at radius 2 is 2.04 bits per heavy atom. The zero-order valence-corrected chi connectivity index (χ0v) is 18.1. The van der Waals surface area contributed by atoms with Crippen molar-refractivity contribution in [1.29, 1.82) is 0 Å². The Kier molecular flexibility index (Phi) is 9.78. The Labute approximate surface area is 173 Å². The highest BCUT2D eigenvalue weighted by atomic mass is 127. The van der Waals surface area contributed by atoms with Gasteiger partial charge in [0.05, 0.1) is 11.6 Å². The van der Waals surface area contributed by atoms with E-state index in [0.29, 0.717) is 13.1 Å². The molecule has 2 aromatic rings. The van der Waals surface area contributed by atoms with E-state index >= 15 is 0 Å². The van der Waals surface area contributed by atoms with Crippen LogP contribution in [-0.4, -0.2) is 36.0 Å². The summed E-state index contributed by atoms with van der Waals surface area (Å²) in [6.45, 7) is 3.10. The molecule has 26 heavy (non-hydrogen) atoms. The Morgan fingerprint density at radius 3 is 2.58 bits per heavy atom. The number of thiazole rings is 1. The van der Waals surface area contributed by atoms with Crippen LogP contribution in [-0.2, 0) is 13.1 Å². The summed E-state index contributed by atoms with van der Waals surface area (Å²) in [4.78, 5) is 12.0. The molecule has 0 fully saturated rings. The lowest BCUT2D eigenvalue weighted by Gasteiger charge is -2.22. The molecule has 1 N–H and O–H groups in total. The Hall–Kier alpha value is -1.49. The predicted molar refractivity (Wildman–Crippen MR) is 112 cm³/mol. The summed E-state index contributed by atoms with van der Waals surface area (Å²) in [5.74, 6) is 0.934. The molecule has 0 atom stereocenters. The first-order valence-corrected chi connectivity index (χ1v) is 8.74. The van der Waals surface area contributed by atoms with Crippen LogP contribution in [0.3, 0.4) is 0 Å². The maximum Gasteiger partial charge on any atom is 0.387 e. The number of ether oxygens (including phenoxy) is 1. The van der Waals surface area contributed by atoms with Crippen molar-refractivity contribution in [3.05, 3.63) is 45.9 Å². The average Bonchev–Trinajstić information content (AvgIpc) is 2.98. The van der Waals surface area contributed by atoms with Gasteiger partial charge in [0.1, 0.15) is 5.75 Å². The van der Waals surface area contributed by atoms with E-state index in [1.165, 1.54) is 0 Å². The van der Waals surface area contributed by atoms with Crippen molar-refractivity contribution in [3.8, 4) is 5.75 Å². The number of hydrogen-bond acceptors (Lipinski definition) is 4. The van der Waals surface area contributed by atoms with Crippen LogP contribution in [0.2, 0.25) is 0 Å². The zero-order valence-electron chi connectivity index (χ0n) is 14.9. The first kappa shape index (κ1) is 22.6. The molecule has 0 saturated carbocycles. The van der Waals surface area contributed by atoms with E-state index < -0.39 is 6.61 Å². The van der Waals surface area contributed by atoms with E-state index in [1.54, 1.807) is 35.6 Å². The molecule has 0 spiro atoms. The minimum absolute atomic E-state index is 0. The highest BCUT2D eigenvalue weighted by Crippen LogP contribution is 2.16. The fourth-order valence-electron chi connectivity index (χ4n) is 2.23. The van der Waals surface area contributed by atoms with Gasteiger partial charge in [0.25, 0.3) is 0 Å². The number of aromatic nitrogens is 1. The van der Waals surface area contributed by atoms with Crippen molar-refractivity contribution in [3.63, 3.8) is 0 Å². The number of halogens is 3. The standard InChI is InChI=1S/C17H22F2N4OS.HI/c1-4-20-17(22-10-15-9-21-12(2)25-15)23(3)11-13-5-7-14(8-6-13)24-16(18)19;/h5-9,16H,4,10-11H2,1-3H3,(H,20,22);1H. The summed E-state index contributed by atoms with van der Waals surface area (Å²) in [6, 6.07) is 6.62. The van der Waals surface area contributed by atoms with Gasteiger partial charge in [-0.05, 0) is 31.5 Å². The van der Waals surface area contributed by atoms with Crippen molar-refractivity contribution >= 4 is 41.3 Å². The number of aryl methyl sites for hydroxylation is 1. The smallest absolute Gasteiger partial charge is 0.387 e. The number of guanidine groups is 1. The molecule has 2 rings (SSSR count). The van der Waals surface area contributed by atoms with E-state index in [9.17, 15) is 8.78 Å². The first-order valence-electron chi connectivity index (χ1n) is 7.92. The molecule has 5 nitrogen and oxygen atoms in total. The van der Waals surface area contributed by atoms with Gasteiger partial charge in [-0.25, -0.2) is 9.98 Å². The maximum absolute atomic E-state index is 12.2. The average molecular weight is 496 g/mol. The summed E-state index contributed by atoms with van der Waals surface area (Å²) < 4.78 is 28.7. The highest BCUT2D eigenvalue weighted by molar-refractivity contribution is 14.0. The van der Waals surface area contributed by atoms with Gasteiger partial charge in [0, 0.05) is 31.2 Å². The molecule has 1 heterocycles. The normalized spacial score (nSPS) is 11.2. The lowest BCUT2D eigenvalue weighted by molar-refractivity contribution is -0.0498. The third-order valence-electron chi connectivity index (χ3n) is 3.32. The van der Waals surface area contributed by atoms with E-state index in [4.69, 9.17) is 0 Å². The van der Waals surface area contributed by atoms with Crippen molar-refractivity contribution in [2.24, 2.45) is 4.99 Å². The number of hydrogen-bond donors (Lipinski definition) is 1. The van der Waals surface area contributed by atoms with Gasteiger partial charge >= 0.3 is 6.61 Å². The number of benzene rings is 1. The zero-order chi connectivity index (χ0) is 18.2. The fraction of sp³-hybridized carbons (Fsp3) is 0.412. The first-order chi connectivity index (χ1) is 12.0. The summed E-state index contributed by atoms with van der Waals surface area (Å²) >= 11 is 1.63. The molecule has 0 bridgehead atoms. The van der Waals surface area contributed by atoms with E-state index in [0.717, 1.165) is 28.0 Å². The Balaban J connectivity index is 0.00000338. The molecule has 0 saturated heterocycles. The molecule has 144 valence electrons. The Bertz CT molecular complexity index is 694. The SMILES string of the molecule is CCNC(=NCc1cnc(C)s1)N(C)Cc1ccc(OC(F)F)cc1.I. The Morgan fingerprint density at radius 1 is 1.35 bits per heavy atom. The van der Waals surface area contributed by atoms with Gasteiger partial charge in [-0.2, -0.15) is 8.78 Å². The van der Waals surface area contributed by atoms with Crippen molar-refractivity contribution in [2.75, 3.05) is 13.6 Å². The molecule has 0 amide bonds. The van der Waals surface area contributed by atoms with Crippen molar-refractivity contribution < 1.29 is 13.5 Å². The number of nitrogens with zero attached hydrogens (tertiary/aromatic N) is 3. The quantitative estimate of drug-likeness (QED) is 0.354. The maximum atomic E-state index is 12.2. The van der Waals surface area contributed by atoms with Gasteiger partial charge in [-0.1, -0.05) is 12.1 Å². The molecule has 0 aliphatic rings. The van der Waals surface area contributed by atoms with Gasteiger partial charge in [0.15, 0.2) is 5.96 Å². The molecule has 0 radical (unpaired) electrons. The van der Waals surface area contributed by atoms with Gasteiger partial charge in [-0.15, -0.1) is 35.3 Å². The van der Waals surface area contributed by atoms with Crippen LogP contribution < -0.4 is 10.1 Å². The van der Waals surface area contributed by atoms with Crippen molar-refractivity contribution in [2.45, 2.75) is 33.5 Å².